The van der Waals surface area contributed by atoms with Gasteiger partial charge in [-0.2, -0.15) is 0 Å². The number of carbonyl (C=O) groups excluding carboxylic acids is 2. The zero-order valence-electron chi connectivity index (χ0n) is 13.3. The van der Waals surface area contributed by atoms with Crippen LogP contribution in [0.3, 0.4) is 0 Å². The summed E-state index contributed by atoms with van der Waals surface area (Å²) in [5, 5.41) is 5.84. The van der Waals surface area contributed by atoms with E-state index in [1.807, 2.05) is 0 Å². The number of fused-ring (bicyclic) bond motifs is 1. The molecule has 2 amide bonds. The van der Waals surface area contributed by atoms with Crippen molar-refractivity contribution in [1.29, 1.82) is 0 Å². The summed E-state index contributed by atoms with van der Waals surface area (Å²) < 4.78 is 23.4. The molecule has 1 aromatic heterocycles. The number of furan rings is 1. The van der Waals surface area contributed by atoms with Crippen LogP contribution >= 0.6 is 0 Å². The van der Waals surface area contributed by atoms with E-state index in [1.54, 1.807) is 24.3 Å². The summed E-state index contributed by atoms with van der Waals surface area (Å²) in [4.78, 5) is 24.4. The SMILES string of the molecule is COCC(=O)Nc1c(C(=O)Nc2ccc(F)cc2)oc2ccccc12. The lowest BCUT2D eigenvalue weighted by molar-refractivity contribution is -0.119. The molecule has 0 aliphatic heterocycles. The number of para-hydroxylation sites is 1. The second-order valence-electron chi connectivity index (χ2n) is 5.24. The van der Waals surface area contributed by atoms with Crippen molar-refractivity contribution in [2.75, 3.05) is 24.4 Å². The standard InChI is InChI=1S/C18H15FN2O4/c1-24-10-15(22)21-16-13-4-2-3-5-14(13)25-17(16)18(23)20-12-8-6-11(19)7-9-12/h2-9H,10H2,1H3,(H,20,23)(H,21,22). The van der Waals surface area contributed by atoms with Crippen LogP contribution in [0.2, 0.25) is 0 Å². The van der Waals surface area contributed by atoms with Gasteiger partial charge >= 0.3 is 0 Å². The van der Waals surface area contributed by atoms with Crippen LogP contribution in [0.4, 0.5) is 15.8 Å². The molecule has 25 heavy (non-hydrogen) atoms. The van der Waals surface area contributed by atoms with Gasteiger partial charge in [-0.25, -0.2) is 4.39 Å². The molecule has 2 aromatic carbocycles. The molecular formula is C18H15FN2O4. The molecule has 0 fully saturated rings. The highest BCUT2D eigenvalue weighted by Crippen LogP contribution is 2.31. The maximum atomic E-state index is 13.0. The number of nitrogens with one attached hydrogen (secondary N) is 2. The molecule has 0 radical (unpaired) electrons. The molecule has 2 N–H and O–H groups in total. The van der Waals surface area contributed by atoms with Gasteiger partial charge in [0, 0.05) is 18.2 Å². The van der Waals surface area contributed by atoms with E-state index in [0.717, 1.165) is 0 Å². The minimum atomic E-state index is -0.560. The highest BCUT2D eigenvalue weighted by molar-refractivity contribution is 6.14. The van der Waals surface area contributed by atoms with Gasteiger partial charge in [0.1, 0.15) is 23.7 Å². The normalized spacial score (nSPS) is 10.6. The van der Waals surface area contributed by atoms with Crippen molar-refractivity contribution >= 4 is 34.2 Å². The number of methoxy groups -OCH3 is 1. The van der Waals surface area contributed by atoms with E-state index in [2.05, 4.69) is 10.6 Å². The van der Waals surface area contributed by atoms with Gasteiger partial charge in [0.25, 0.3) is 5.91 Å². The van der Waals surface area contributed by atoms with Crippen molar-refractivity contribution in [3.8, 4) is 0 Å². The van der Waals surface area contributed by atoms with Crippen molar-refractivity contribution in [1.82, 2.24) is 0 Å². The Kier molecular flexibility index (Phi) is 4.76. The number of hydrogen-bond donors (Lipinski definition) is 2. The molecule has 0 spiro atoms. The molecule has 0 saturated carbocycles. The van der Waals surface area contributed by atoms with Gasteiger partial charge in [-0.1, -0.05) is 12.1 Å². The Bertz CT molecular complexity index is 918. The van der Waals surface area contributed by atoms with E-state index >= 15 is 0 Å². The van der Waals surface area contributed by atoms with Crippen molar-refractivity contribution in [3.05, 3.63) is 60.1 Å². The van der Waals surface area contributed by atoms with Crippen molar-refractivity contribution in [3.63, 3.8) is 0 Å². The molecule has 0 bridgehead atoms. The summed E-state index contributed by atoms with van der Waals surface area (Å²) in [5.41, 5.74) is 1.12. The Morgan fingerprint density at radius 3 is 2.52 bits per heavy atom. The molecular weight excluding hydrogens is 327 g/mol. The van der Waals surface area contributed by atoms with Gasteiger partial charge in [-0.3, -0.25) is 9.59 Å². The maximum Gasteiger partial charge on any atom is 0.293 e. The molecule has 6 nitrogen and oxygen atoms in total. The van der Waals surface area contributed by atoms with E-state index in [-0.39, 0.29) is 18.1 Å². The van der Waals surface area contributed by atoms with Gasteiger partial charge in [-0.15, -0.1) is 0 Å². The summed E-state index contributed by atoms with van der Waals surface area (Å²) in [6, 6.07) is 12.3. The first-order chi connectivity index (χ1) is 12.1. The van der Waals surface area contributed by atoms with Gasteiger partial charge in [0.2, 0.25) is 11.7 Å². The summed E-state index contributed by atoms with van der Waals surface area (Å²) in [6.45, 7) is -0.154. The molecule has 3 rings (SSSR count). The molecule has 0 aliphatic rings. The minimum absolute atomic E-state index is 0.0463. The van der Waals surface area contributed by atoms with Crippen LogP contribution in [0.15, 0.2) is 52.9 Å². The largest absolute Gasteiger partial charge is 0.449 e. The zero-order chi connectivity index (χ0) is 17.8. The monoisotopic (exact) mass is 342 g/mol. The first kappa shape index (κ1) is 16.7. The van der Waals surface area contributed by atoms with Crippen LogP contribution in [0.1, 0.15) is 10.6 Å². The minimum Gasteiger partial charge on any atom is -0.449 e. The lowest BCUT2D eigenvalue weighted by atomic mass is 10.2. The van der Waals surface area contributed by atoms with E-state index < -0.39 is 17.6 Å². The summed E-state index contributed by atoms with van der Waals surface area (Å²) in [6.07, 6.45) is 0. The summed E-state index contributed by atoms with van der Waals surface area (Å²) in [7, 11) is 1.40. The number of hydrogen-bond acceptors (Lipinski definition) is 4. The molecule has 7 heteroatoms. The third-order valence-corrected chi connectivity index (χ3v) is 3.44. The Morgan fingerprint density at radius 1 is 1.08 bits per heavy atom. The molecule has 0 unspecified atom stereocenters. The van der Waals surface area contributed by atoms with Crippen molar-refractivity contribution in [2.45, 2.75) is 0 Å². The van der Waals surface area contributed by atoms with Crippen LogP contribution in [0.5, 0.6) is 0 Å². The van der Waals surface area contributed by atoms with E-state index in [0.29, 0.717) is 16.7 Å². The van der Waals surface area contributed by atoms with E-state index in [4.69, 9.17) is 9.15 Å². The van der Waals surface area contributed by atoms with Gasteiger partial charge < -0.3 is 19.8 Å². The van der Waals surface area contributed by atoms with Crippen LogP contribution in [-0.2, 0) is 9.53 Å². The number of halogens is 1. The second-order valence-corrected chi connectivity index (χ2v) is 5.24. The fourth-order valence-corrected chi connectivity index (χ4v) is 2.36. The van der Waals surface area contributed by atoms with Crippen LogP contribution in [-0.4, -0.2) is 25.5 Å². The summed E-state index contributed by atoms with van der Waals surface area (Å²) in [5.74, 6) is -1.43. The zero-order valence-corrected chi connectivity index (χ0v) is 13.3. The Labute approximate surface area is 142 Å². The van der Waals surface area contributed by atoms with Gasteiger partial charge in [-0.05, 0) is 36.4 Å². The molecule has 0 saturated heterocycles. The van der Waals surface area contributed by atoms with Crippen molar-refractivity contribution in [2.24, 2.45) is 0 Å². The Hall–Kier alpha value is -3.19. The number of rotatable bonds is 5. The first-order valence-electron chi connectivity index (χ1n) is 7.45. The van der Waals surface area contributed by atoms with E-state index in [1.165, 1.54) is 31.4 Å². The third kappa shape index (κ3) is 3.67. The van der Waals surface area contributed by atoms with Crippen LogP contribution < -0.4 is 10.6 Å². The Morgan fingerprint density at radius 2 is 1.80 bits per heavy atom. The van der Waals surface area contributed by atoms with E-state index in [9.17, 15) is 14.0 Å². The third-order valence-electron chi connectivity index (χ3n) is 3.44. The number of carbonyl (C=O) groups is 2. The Balaban J connectivity index is 1.94. The number of benzene rings is 2. The number of anilines is 2. The second kappa shape index (κ2) is 7.14. The topological polar surface area (TPSA) is 80.6 Å². The molecule has 3 aromatic rings. The van der Waals surface area contributed by atoms with Crippen LogP contribution in [0, 0.1) is 5.82 Å². The first-order valence-corrected chi connectivity index (χ1v) is 7.45. The average Bonchev–Trinajstić information content (AvgIpc) is 2.96. The highest BCUT2D eigenvalue weighted by atomic mass is 19.1. The molecule has 128 valence electrons. The smallest absolute Gasteiger partial charge is 0.293 e. The quantitative estimate of drug-likeness (QED) is 0.745. The molecule has 0 aliphatic carbocycles. The molecule has 1 heterocycles. The average molecular weight is 342 g/mol. The van der Waals surface area contributed by atoms with Crippen LogP contribution in [0.25, 0.3) is 11.0 Å². The summed E-state index contributed by atoms with van der Waals surface area (Å²) >= 11 is 0. The fraction of sp³-hybridized carbons (Fsp3) is 0.111. The van der Waals surface area contributed by atoms with Crippen molar-refractivity contribution < 1.29 is 23.1 Å². The highest BCUT2D eigenvalue weighted by Gasteiger charge is 2.22. The maximum absolute atomic E-state index is 13.0. The predicted octanol–water partition coefficient (Wildman–Crippen LogP) is 3.41. The number of ether oxygens (including phenoxy) is 1. The lowest BCUT2D eigenvalue weighted by Crippen LogP contribution is -2.20. The molecule has 0 atom stereocenters. The predicted molar refractivity (Wildman–Crippen MR) is 91.1 cm³/mol. The fourth-order valence-electron chi connectivity index (χ4n) is 2.36. The van der Waals surface area contributed by atoms with Gasteiger partial charge in [0.05, 0.1) is 0 Å². The lowest BCUT2D eigenvalue weighted by Gasteiger charge is -2.07. The van der Waals surface area contributed by atoms with Gasteiger partial charge in [0.15, 0.2) is 0 Å². The number of amides is 2.